The van der Waals surface area contributed by atoms with Gasteiger partial charge in [0.2, 0.25) is 0 Å². The molecule has 4 heteroatoms. The minimum absolute atomic E-state index is 0.203. The predicted molar refractivity (Wildman–Crippen MR) is 50.0 cm³/mol. The van der Waals surface area contributed by atoms with E-state index in [1.54, 1.807) is 0 Å². The molecule has 0 N–H and O–H groups in total. The van der Waals surface area contributed by atoms with E-state index in [1.165, 1.54) is 6.20 Å². The molecule has 1 aromatic heterocycles. The minimum Gasteiger partial charge on any atom is -0.486 e. The molecule has 1 heterocycles. The second-order valence-corrected chi connectivity index (χ2v) is 3.87. The van der Waals surface area contributed by atoms with E-state index in [4.69, 9.17) is 4.74 Å². The molecule has 0 aromatic carbocycles. The number of hydrogen-bond acceptors (Lipinski definition) is 3. The molecule has 0 bridgehead atoms. The Morgan fingerprint density at radius 2 is 2.14 bits per heavy atom. The zero-order chi connectivity index (χ0) is 10.8. The van der Waals surface area contributed by atoms with Crippen molar-refractivity contribution < 1.29 is 13.9 Å². The highest BCUT2D eigenvalue weighted by atomic mass is 19.1. The summed E-state index contributed by atoms with van der Waals surface area (Å²) in [6.45, 7) is 5.54. The third kappa shape index (κ3) is 2.80. The van der Waals surface area contributed by atoms with Crippen LogP contribution in [0.2, 0.25) is 0 Å². The van der Waals surface area contributed by atoms with Gasteiger partial charge in [-0.05, 0) is 20.8 Å². The molecule has 1 aromatic rings. The van der Waals surface area contributed by atoms with Crippen molar-refractivity contribution in [3.8, 4) is 5.75 Å². The largest absolute Gasteiger partial charge is 0.486 e. The smallest absolute Gasteiger partial charge is 0.171 e. The van der Waals surface area contributed by atoms with Crippen molar-refractivity contribution in [1.82, 2.24) is 4.98 Å². The highest BCUT2D eigenvalue weighted by Crippen LogP contribution is 2.18. The molecule has 0 fully saturated rings. The van der Waals surface area contributed by atoms with Crippen LogP contribution in [0.5, 0.6) is 5.75 Å². The highest BCUT2D eigenvalue weighted by molar-refractivity contribution is 5.72. The number of aromatic nitrogens is 1. The van der Waals surface area contributed by atoms with E-state index in [2.05, 4.69) is 4.98 Å². The van der Waals surface area contributed by atoms with Gasteiger partial charge in [0, 0.05) is 6.07 Å². The van der Waals surface area contributed by atoms with Crippen LogP contribution in [0, 0.1) is 5.82 Å². The standard InChI is InChI=1S/C10H12FNO2/c1-10(2,3)14-7-4-8(11)9(6-13)12-5-7/h4-6H,1-3H3. The van der Waals surface area contributed by atoms with Gasteiger partial charge >= 0.3 is 0 Å². The van der Waals surface area contributed by atoms with Crippen LogP contribution in [0.25, 0.3) is 0 Å². The molecule has 0 aliphatic heterocycles. The SMILES string of the molecule is CC(C)(C)Oc1cnc(C=O)c(F)c1. The van der Waals surface area contributed by atoms with Gasteiger partial charge in [0.1, 0.15) is 17.0 Å². The van der Waals surface area contributed by atoms with E-state index in [9.17, 15) is 9.18 Å². The van der Waals surface area contributed by atoms with Crippen LogP contribution in [-0.4, -0.2) is 16.9 Å². The van der Waals surface area contributed by atoms with Crippen LogP contribution in [0.1, 0.15) is 31.3 Å². The quantitative estimate of drug-likeness (QED) is 0.682. The summed E-state index contributed by atoms with van der Waals surface area (Å²) in [6, 6.07) is 1.15. The molecule has 3 nitrogen and oxygen atoms in total. The fourth-order valence-electron chi connectivity index (χ4n) is 0.927. The van der Waals surface area contributed by atoms with Crippen molar-refractivity contribution in [2.24, 2.45) is 0 Å². The van der Waals surface area contributed by atoms with Crippen molar-refractivity contribution in [3.05, 3.63) is 23.8 Å². The van der Waals surface area contributed by atoms with Crippen LogP contribution in [0.3, 0.4) is 0 Å². The lowest BCUT2D eigenvalue weighted by Gasteiger charge is -2.20. The Balaban J connectivity index is 2.92. The summed E-state index contributed by atoms with van der Waals surface area (Å²) in [5.74, 6) is -0.345. The number of nitrogens with zero attached hydrogens (tertiary/aromatic N) is 1. The molecule has 0 spiro atoms. The lowest BCUT2D eigenvalue weighted by Crippen LogP contribution is -2.23. The first-order chi connectivity index (χ1) is 6.42. The molecule has 0 atom stereocenters. The molecule has 14 heavy (non-hydrogen) atoms. The van der Waals surface area contributed by atoms with Crippen LogP contribution in [0.4, 0.5) is 4.39 Å². The number of carbonyl (C=O) groups is 1. The minimum atomic E-state index is -0.665. The maximum absolute atomic E-state index is 13.1. The number of rotatable bonds is 2. The first-order valence-electron chi connectivity index (χ1n) is 4.22. The summed E-state index contributed by atoms with van der Waals surface area (Å²) in [7, 11) is 0. The van der Waals surface area contributed by atoms with E-state index >= 15 is 0 Å². The maximum Gasteiger partial charge on any atom is 0.171 e. The molecule has 0 aliphatic rings. The second-order valence-electron chi connectivity index (χ2n) is 3.87. The Labute approximate surface area is 81.9 Å². The summed E-state index contributed by atoms with van der Waals surface area (Å²) < 4.78 is 18.4. The number of hydrogen-bond donors (Lipinski definition) is 0. The Hall–Kier alpha value is -1.45. The van der Waals surface area contributed by atoms with Gasteiger partial charge in [-0.25, -0.2) is 9.37 Å². The van der Waals surface area contributed by atoms with Gasteiger partial charge in [-0.15, -0.1) is 0 Å². The van der Waals surface area contributed by atoms with Gasteiger partial charge in [-0.2, -0.15) is 0 Å². The monoisotopic (exact) mass is 197 g/mol. The van der Waals surface area contributed by atoms with E-state index in [1.807, 2.05) is 20.8 Å². The average Bonchev–Trinajstić information content (AvgIpc) is 2.01. The summed E-state index contributed by atoms with van der Waals surface area (Å²) >= 11 is 0. The van der Waals surface area contributed by atoms with Gasteiger partial charge in [0.25, 0.3) is 0 Å². The summed E-state index contributed by atoms with van der Waals surface area (Å²) in [5, 5.41) is 0. The summed E-state index contributed by atoms with van der Waals surface area (Å²) in [6.07, 6.45) is 1.70. The third-order valence-corrected chi connectivity index (χ3v) is 1.38. The van der Waals surface area contributed by atoms with Gasteiger partial charge in [0.15, 0.2) is 12.1 Å². The van der Waals surface area contributed by atoms with Gasteiger partial charge < -0.3 is 4.74 Å². The number of pyridine rings is 1. The van der Waals surface area contributed by atoms with E-state index in [-0.39, 0.29) is 5.69 Å². The zero-order valence-corrected chi connectivity index (χ0v) is 8.37. The maximum atomic E-state index is 13.1. The molecule has 0 radical (unpaired) electrons. The van der Waals surface area contributed by atoms with Crippen LogP contribution < -0.4 is 4.74 Å². The molecule has 0 aliphatic carbocycles. The molecule has 0 saturated carbocycles. The van der Waals surface area contributed by atoms with Crippen molar-refractivity contribution in [2.75, 3.05) is 0 Å². The topological polar surface area (TPSA) is 39.2 Å². The molecule has 0 saturated heterocycles. The molecule has 0 unspecified atom stereocenters. The van der Waals surface area contributed by atoms with E-state index in [0.29, 0.717) is 12.0 Å². The first-order valence-corrected chi connectivity index (χ1v) is 4.22. The molecule has 1 rings (SSSR count). The van der Waals surface area contributed by atoms with Crippen LogP contribution in [0.15, 0.2) is 12.3 Å². The van der Waals surface area contributed by atoms with E-state index in [0.717, 1.165) is 6.07 Å². The molecular formula is C10H12FNO2. The van der Waals surface area contributed by atoms with Gasteiger partial charge in [0.05, 0.1) is 6.20 Å². The number of halogens is 1. The number of carbonyl (C=O) groups excluding carboxylic acids is 1. The molecule has 0 amide bonds. The van der Waals surface area contributed by atoms with Gasteiger partial charge in [-0.3, -0.25) is 4.79 Å². The molecular weight excluding hydrogens is 185 g/mol. The fourth-order valence-corrected chi connectivity index (χ4v) is 0.927. The summed E-state index contributed by atoms with van der Waals surface area (Å²) in [5.41, 5.74) is -0.608. The normalized spacial score (nSPS) is 11.1. The Bertz CT molecular complexity index is 344. The lowest BCUT2D eigenvalue weighted by molar-refractivity contribution is 0.111. The Kier molecular flexibility index (Phi) is 2.84. The van der Waals surface area contributed by atoms with Crippen LogP contribution >= 0.6 is 0 Å². The molecule has 76 valence electrons. The lowest BCUT2D eigenvalue weighted by atomic mass is 10.2. The van der Waals surface area contributed by atoms with E-state index < -0.39 is 11.4 Å². The second kappa shape index (κ2) is 3.74. The summed E-state index contributed by atoms with van der Waals surface area (Å²) in [4.78, 5) is 13.9. The first kappa shape index (κ1) is 10.6. The Morgan fingerprint density at radius 1 is 1.50 bits per heavy atom. The van der Waals surface area contributed by atoms with Crippen LogP contribution in [-0.2, 0) is 0 Å². The van der Waals surface area contributed by atoms with Crippen molar-refractivity contribution in [2.45, 2.75) is 26.4 Å². The van der Waals surface area contributed by atoms with Gasteiger partial charge in [-0.1, -0.05) is 0 Å². The van der Waals surface area contributed by atoms with Crippen molar-refractivity contribution in [1.29, 1.82) is 0 Å². The zero-order valence-electron chi connectivity index (χ0n) is 8.37. The van der Waals surface area contributed by atoms with Crippen molar-refractivity contribution in [3.63, 3.8) is 0 Å². The number of aldehydes is 1. The number of ether oxygens (including phenoxy) is 1. The predicted octanol–water partition coefficient (Wildman–Crippen LogP) is 2.21. The Morgan fingerprint density at radius 3 is 2.57 bits per heavy atom. The highest BCUT2D eigenvalue weighted by Gasteiger charge is 2.13. The fraction of sp³-hybridized carbons (Fsp3) is 0.400. The third-order valence-electron chi connectivity index (χ3n) is 1.38. The van der Waals surface area contributed by atoms with Crippen molar-refractivity contribution >= 4 is 6.29 Å². The average molecular weight is 197 g/mol.